The average molecular weight is 328 g/mol. The molecule has 0 aliphatic rings. The number of nitrogens with one attached hydrogen (secondary N) is 2. The first kappa shape index (κ1) is 17.3. The molecular weight excluding hydrogens is 308 g/mol. The van der Waals surface area contributed by atoms with Crippen LogP contribution in [0.4, 0.5) is 4.79 Å². The number of hydrogen-bond acceptors (Lipinski definition) is 3. The monoisotopic (exact) mass is 328 g/mol. The minimum Gasteiger partial charge on any atom is -0.478 e. The van der Waals surface area contributed by atoms with Crippen LogP contribution in [0, 0.1) is 0 Å². The zero-order valence-electron chi connectivity index (χ0n) is 13.4. The Bertz CT molecular complexity index is 698. The Hall–Kier alpha value is -3.02. The summed E-state index contributed by atoms with van der Waals surface area (Å²) in [6.07, 6.45) is 0.856. The van der Waals surface area contributed by atoms with Gasteiger partial charge in [-0.1, -0.05) is 37.3 Å². The second-order valence-corrected chi connectivity index (χ2v) is 5.11. The third-order valence-corrected chi connectivity index (χ3v) is 3.47. The molecule has 2 aromatic carbocycles. The van der Waals surface area contributed by atoms with Crippen molar-refractivity contribution in [3.63, 3.8) is 0 Å². The maximum atomic E-state index is 11.7. The summed E-state index contributed by atoms with van der Waals surface area (Å²) in [4.78, 5) is 22.5. The van der Waals surface area contributed by atoms with E-state index >= 15 is 0 Å². The van der Waals surface area contributed by atoms with Crippen LogP contribution in [-0.4, -0.2) is 23.8 Å². The highest BCUT2D eigenvalue weighted by Crippen LogP contribution is 2.17. The molecule has 0 bridgehead atoms. The van der Waals surface area contributed by atoms with Crippen molar-refractivity contribution in [1.82, 2.24) is 10.6 Å². The van der Waals surface area contributed by atoms with E-state index in [0.29, 0.717) is 6.54 Å². The molecule has 0 radical (unpaired) electrons. The predicted octanol–water partition coefficient (Wildman–Crippen LogP) is 2.78. The predicted molar refractivity (Wildman–Crippen MR) is 90.1 cm³/mol. The highest BCUT2D eigenvalue weighted by molar-refractivity contribution is 5.87. The standard InChI is InChI=1S/C18H20N2O4/c1-2-14-5-3-4-6-16(14)24-12-20-18(23)19-11-13-7-9-15(10-8-13)17(21)22/h3-10H,2,11-12H2,1H3,(H,21,22)(H2,19,20,23). The topological polar surface area (TPSA) is 87.7 Å². The van der Waals surface area contributed by atoms with E-state index < -0.39 is 5.97 Å². The van der Waals surface area contributed by atoms with Crippen molar-refractivity contribution in [3.8, 4) is 5.75 Å². The highest BCUT2D eigenvalue weighted by atomic mass is 16.5. The molecule has 0 aromatic heterocycles. The largest absolute Gasteiger partial charge is 0.478 e. The Labute approximate surface area is 140 Å². The summed E-state index contributed by atoms with van der Waals surface area (Å²) in [5.41, 5.74) is 2.11. The molecule has 2 rings (SSSR count). The number of hydrogen-bond donors (Lipinski definition) is 3. The first-order chi connectivity index (χ1) is 11.6. The Morgan fingerprint density at radius 2 is 1.75 bits per heavy atom. The number of ether oxygens (including phenoxy) is 1. The molecule has 6 nitrogen and oxygen atoms in total. The SMILES string of the molecule is CCc1ccccc1OCNC(=O)NCc1ccc(C(=O)O)cc1. The number of carboxylic acid groups (broad SMARTS) is 1. The lowest BCUT2D eigenvalue weighted by Gasteiger charge is -2.12. The van der Waals surface area contributed by atoms with E-state index in [2.05, 4.69) is 10.6 Å². The zero-order valence-corrected chi connectivity index (χ0v) is 13.4. The third kappa shape index (κ3) is 5.01. The van der Waals surface area contributed by atoms with Crippen LogP contribution in [0.1, 0.15) is 28.4 Å². The van der Waals surface area contributed by atoms with Crippen LogP contribution >= 0.6 is 0 Å². The minimum absolute atomic E-state index is 0.0702. The van der Waals surface area contributed by atoms with Gasteiger partial charge >= 0.3 is 12.0 Å². The highest BCUT2D eigenvalue weighted by Gasteiger charge is 2.04. The van der Waals surface area contributed by atoms with Crippen LogP contribution in [0.3, 0.4) is 0 Å². The van der Waals surface area contributed by atoms with Crippen molar-refractivity contribution in [3.05, 3.63) is 65.2 Å². The van der Waals surface area contributed by atoms with Crippen LogP contribution in [0.15, 0.2) is 48.5 Å². The van der Waals surface area contributed by atoms with E-state index in [1.165, 1.54) is 12.1 Å². The molecule has 2 aromatic rings. The van der Waals surface area contributed by atoms with Crippen molar-refractivity contribution in [2.45, 2.75) is 19.9 Å². The molecule has 24 heavy (non-hydrogen) atoms. The molecule has 3 N–H and O–H groups in total. The van der Waals surface area contributed by atoms with Gasteiger partial charge in [0, 0.05) is 6.54 Å². The molecule has 126 valence electrons. The first-order valence-corrected chi connectivity index (χ1v) is 7.64. The van der Waals surface area contributed by atoms with Crippen molar-refractivity contribution in [2.75, 3.05) is 6.73 Å². The van der Waals surface area contributed by atoms with Gasteiger partial charge in [-0.2, -0.15) is 0 Å². The Morgan fingerprint density at radius 1 is 1.04 bits per heavy atom. The van der Waals surface area contributed by atoms with Gasteiger partial charge in [0.25, 0.3) is 0 Å². The molecule has 0 spiro atoms. The van der Waals surface area contributed by atoms with Crippen molar-refractivity contribution < 1.29 is 19.4 Å². The molecule has 0 fully saturated rings. The summed E-state index contributed by atoms with van der Waals surface area (Å²) < 4.78 is 5.56. The molecule has 2 amide bonds. The van der Waals surface area contributed by atoms with Gasteiger partial charge in [0.15, 0.2) is 6.73 Å². The quantitative estimate of drug-likeness (QED) is 0.682. The number of carboxylic acids is 1. The van der Waals surface area contributed by atoms with Crippen LogP contribution in [0.25, 0.3) is 0 Å². The van der Waals surface area contributed by atoms with Crippen LogP contribution < -0.4 is 15.4 Å². The Kier molecular flexibility index (Phi) is 6.19. The normalized spacial score (nSPS) is 10.0. The second kappa shape index (κ2) is 8.57. The summed E-state index contributed by atoms with van der Waals surface area (Å²) in [6.45, 7) is 2.41. The van der Waals surface area contributed by atoms with Gasteiger partial charge in [0.1, 0.15) is 5.75 Å². The van der Waals surface area contributed by atoms with E-state index in [-0.39, 0.29) is 18.3 Å². The van der Waals surface area contributed by atoms with Gasteiger partial charge in [-0.25, -0.2) is 9.59 Å². The van der Waals surface area contributed by atoms with Crippen LogP contribution in [0.5, 0.6) is 5.75 Å². The number of benzene rings is 2. The summed E-state index contributed by atoms with van der Waals surface area (Å²) in [5.74, 6) is -0.221. The lowest BCUT2D eigenvalue weighted by molar-refractivity contribution is 0.0697. The number of aryl methyl sites for hydroxylation is 1. The molecule has 6 heteroatoms. The smallest absolute Gasteiger partial charge is 0.335 e. The number of carbonyl (C=O) groups excluding carboxylic acids is 1. The van der Waals surface area contributed by atoms with Gasteiger partial charge in [-0.05, 0) is 35.7 Å². The number of rotatable bonds is 7. The Balaban J connectivity index is 1.74. The first-order valence-electron chi connectivity index (χ1n) is 7.64. The maximum Gasteiger partial charge on any atom is 0.335 e. The van der Waals surface area contributed by atoms with Crippen molar-refractivity contribution in [2.24, 2.45) is 0 Å². The third-order valence-electron chi connectivity index (χ3n) is 3.47. The van der Waals surface area contributed by atoms with E-state index in [1.807, 2.05) is 31.2 Å². The molecule has 0 aliphatic heterocycles. The molecule has 0 saturated heterocycles. The van der Waals surface area contributed by atoms with E-state index in [0.717, 1.165) is 23.3 Å². The van der Waals surface area contributed by atoms with E-state index in [4.69, 9.17) is 9.84 Å². The second-order valence-electron chi connectivity index (χ2n) is 5.11. The summed E-state index contributed by atoms with van der Waals surface area (Å²) in [7, 11) is 0. The lowest BCUT2D eigenvalue weighted by atomic mass is 10.1. The average Bonchev–Trinajstić information content (AvgIpc) is 2.60. The van der Waals surface area contributed by atoms with Gasteiger partial charge < -0.3 is 20.5 Å². The Morgan fingerprint density at radius 3 is 2.42 bits per heavy atom. The van der Waals surface area contributed by atoms with Gasteiger partial charge in [-0.3, -0.25) is 0 Å². The summed E-state index contributed by atoms with van der Waals surface area (Å²) in [6, 6.07) is 13.7. The molecule has 0 unspecified atom stereocenters. The lowest BCUT2D eigenvalue weighted by Crippen LogP contribution is -2.37. The minimum atomic E-state index is -0.975. The maximum absolute atomic E-state index is 11.7. The van der Waals surface area contributed by atoms with Gasteiger partial charge in [-0.15, -0.1) is 0 Å². The molecular formula is C18H20N2O4. The summed E-state index contributed by atoms with van der Waals surface area (Å²) in [5, 5.41) is 14.1. The fourth-order valence-corrected chi connectivity index (χ4v) is 2.13. The van der Waals surface area contributed by atoms with Crippen LogP contribution in [0.2, 0.25) is 0 Å². The number of urea groups is 1. The molecule has 0 saturated carbocycles. The molecule has 0 aliphatic carbocycles. The fourth-order valence-electron chi connectivity index (χ4n) is 2.13. The van der Waals surface area contributed by atoms with Gasteiger partial charge in [0.2, 0.25) is 0 Å². The zero-order chi connectivity index (χ0) is 17.4. The van der Waals surface area contributed by atoms with Gasteiger partial charge in [0.05, 0.1) is 5.56 Å². The van der Waals surface area contributed by atoms with Crippen molar-refractivity contribution >= 4 is 12.0 Å². The number of para-hydroxylation sites is 1. The molecule has 0 heterocycles. The van der Waals surface area contributed by atoms with E-state index in [1.54, 1.807) is 12.1 Å². The number of amides is 2. The number of aromatic carboxylic acids is 1. The van der Waals surface area contributed by atoms with Crippen molar-refractivity contribution in [1.29, 1.82) is 0 Å². The summed E-state index contributed by atoms with van der Waals surface area (Å²) >= 11 is 0. The molecule has 0 atom stereocenters. The van der Waals surface area contributed by atoms with E-state index in [9.17, 15) is 9.59 Å². The van der Waals surface area contributed by atoms with Crippen LogP contribution in [-0.2, 0) is 13.0 Å². The fraction of sp³-hybridized carbons (Fsp3) is 0.222. The number of carbonyl (C=O) groups is 2.